The third-order valence-corrected chi connectivity index (χ3v) is 6.85. The molecular formula is C18H20O6. The van der Waals surface area contributed by atoms with Gasteiger partial charge in [-0.1, -0.05) is 12.2 Å². The van der Waals surface area contributed by atoms with Crippen LogP contribution in [0, 0.1) is 41.4 Å². The Morgan fingerprint density at radius 1 is 1.12 bits per heavy atom. The highest BCUT2D eigenvalue weighted by Crippen LogP contribution is 2.59. The number of fused-ring (bicyclic) bond motifs is 3. The van der Waals surface area contributed by atoms with E-state index in [0.29, 0.717) is 12.3 Å². The van der Waals surface area contributed by atoms with Gasteiger partial charge in [0.15, 0.2) is 0 Å². The summed E-state index contributed by atoms with van der Waals surface area (Å²) in [6, 6.07) is 0. The molecule has 0 aromatic carbocycles. The molecule has 9 unspecified atom stereocenters. The zero-order valence-corrected chi connectivity index (χ0v) is 13.4. The molecule has 1 aliphatic heterocycles. The molecule has 0 radical (unpaired) electrons. The molecule has 0 spiro atoms. The number of carbonyl (C=O) groups excluding carboxylic acids is 3. The average molecular weight is 332 g/mol. The van der Waals surface area contributed by atoms with Gasteiger partial charge in [-0.05, 0) is 31.1 Å². The minimum Gasteiger partial charge on any atom is -0.469 e. The van der Waals surface area contributed by atoms with Gasteiger partial charge in [0.1, 0.15) is 12.2 Å². The van der Waals surface area contributed by atoms with E-state index in [9.17, 15) is 14.4 Å². The van der Waals surface area contributed by atoms with E-state index < -0.39 is 23.9 Å². The lowest BCUT2D eigenvalue weighted by Crippen LogP contribution is -2.44. The Hall–Kier alpha value is -1.85. The Morgan fingerprint density at radius 2 is 1.96 bits per heavy atom. The number of rotatable bonds is 3. The lowest BCUT2D eigenvalue weighted by Gasteiger charge is -2.31. The third kappa shape index (κ3) is 1.74. The van der Waals surface area contributed by atoms with Gasteiger partial charge in [0, 0.05) is 11.8 Å². The van der Waals surface area contributed by atoms with Crippen LogP contribution >= 0.6 is 0 Å². The first kappa shape index (κ1) is 14.5. The monoisotopic (exact) mass is 332 g/mol. The van der Waals surface area contributed by atoms with Crippen molar-refractivity contribution in [3.63, 3.8) is 0 Å². The maximum absolute atomic E-state index is 12.7. The average Bonchev–Trinajstić information content (AvgIpc) is 3.34. The minimum absolute atomic E-state index is 0.0238. The highest BCUT2D eigenvalue weighted by molar-refractivity contribution is 5.86. The van der Waals surface area contributed by atoms with Crippen molar-refractivity contribution in [1.82, 2.24) is 0 Å². The normalized spacial score (nSPS) is 49.5. The Labute approximate surface area is 139 Å². The predicted octanol–water partition coefficient (Wildman–Crippen LogP) is 1.09. The molecule has 6 nitrogen and oxygen atoms in total. The topological polar surface area (TPSA) is 78.9 Å². The van der Waals surface area contributed by atoms with Crippen LogP contribution in [0.25, 0.3) is 0 Å². The van der Waals surface area contributed by atoms with Crippen LogP contribution in [0.1, 0.15) is 19.3 Å². The summed E-state index contributed by atoms with van der Waals surface area (Å²) >= 11 is 0. The summed E-state index contributed by atoms with van der Waals surface area (Å²) in [5.74, 6) is -1.42. The summed E-state index contributed by atoms with van der Waals surface area (Å²) in [6.07, 6.45) is 5.97. The maximum atomic E-state index is 12.7. The smallest absolute Gasteiger partial charge is 0.310 e. The minimum atomic E-state index is -0.538. The molecule has 4 bridgehead atoms. The Kier molecular flexibility index (Phi) is 2.92. The van der Waals surface area contributed by atoms with E-state index in [1.807, 2.05) is 0 Å². The number of esters is 3. The molecule has 5 rings (SSSR count). The van der Waals surface area contributed by atoms with Crippen molar-refractivity contribution in [2.75, 3.05) is 7.11 Å². The number of allylic oxidation sites excluding steroid dienone is 2. The van der Waals surface area contributed by atoms with E-state index in [-0.39, 0.29) is 41.7 Å². The fraction of sp³-hybridized carbons (Fsp3) is 0.722. The fourth-order valence-corrected chi connectivity index (χ4v) is 5.88. The van der Waals surface area contributed by atoms with Crippen LogP contribution in [0.15, 0.2) is 12.2 Å². The van der Waals surface area contributed by atoms with Gasteiger partial charge in [0.05, 0.1) is 24.9 Å². The van der Waals surface area contributed by atoms with Crippen molar-refractivity contribution in [3.8, 4) is 0 Å². The van der Waals surface area contributed by atoms with Crippen LogP contribution in [0.2, 0.25) is 0 Å². The van der Waals surface area contributed by atoms with Crippen LogP contribution < -0.4 is 0 Å². The molecule has 0 aromatic heterocycles. The third-order valence-electron chi connectivity index (χ3n) is 6.85. The molecule has 5 aliphatic rings. The first-order chi connectivity index (χ1) is 11.6. The van der Waals surface area contributed by atoms with E-state index in [1.54, 1.807) is 0 Å². The molecule has 0 N–H and O–H groups in total. The standard InChI is InChI=1S/C18H20O6/c1-22-17(20)12-10-6-11-13(12)18(21)24-15(11)14(10)23-16(19)9-5-7-2-3-8(9)4-7/h2-3,7-15H,4-6H2,1H3. The molecule has 4 fully saturated rings. The maximum Gasteiger partial charge on any atom is 0.310 e. The molecule has 128 valence electrons. The van der Waals surface area contributed by atoms with Crippen molar-refractivity contribution in [2.24, 2.45) is 41.4 Å². The van der Waals surface area contributed by atoms with Gasteiger partial charge < -0.3 is 14.2 Å². The molecular weight excluding hydrogens is 312 g/mol. The Morgan fingerprint density at radius 3 is 2.62 bits per heavy atom. The second-order valence-corrected chi connectivity index (χ2v) is 7.83. The quantitative estimate of drug-likeness (QED) is 0.437. The first-order valence-corrected chi connectivity index (χ1v) is 8.75. The second-order valence-electron chi connectivity index (χ2n) is 7.83. The summed E-state index contributed by atoms with van der Waals surface area (Å²) in [4.78, 5) is 36.9. The van der Waals surface area contributed by atoms with Crippen molar-refractivity contribution < 1.29 is 28.6 Å². The van der Waals surface area contributed by atoms with Gasteiger partial charge in [0.2, 0.25) is 0 Å². The zero-order valence-electron chi connectivity index (χ0n) is 13.4. The summed E-state index contributed by atoms with van der Waals surface area (Å²) in [6.45, 7) is 0. The number of hydrogen-bond donors (Lipinski definition) is 0. The van der Waals surface area contributed by atoms with Crippen molar-refractivity contribution >= 4 is 17.9 Å². The lowest BCUT2D eigenvalue weighted by atomic mass is 9.78. The molecule has 4 aliphatic carbocycles. The molecule has 1 heterocycles. The van der Waals surface area contributed by atoms with Gasteiger partial charge in [-0.3, -0.25) is 14.4 Å². The molecule has 24 heavy (non-hydrogen) atoms. The van der Waals surface area contributed by atoms with Gasteiger partial charge in [-0.2, -0.15) is 0 Å². The highest BCUT2D eigenvalue weighted by atomic mass is 16.6. The number of carbonyl (C=O) groups is 3. The van der Waals surface area contributed by atoms with Gasteiger partial charge >= 0.3 is 17.9 Å². The summed E-state index contributed by atoms with van der Waals surface area (Å²) in [7, 11) is 1.33. The molecule has 9 atom stereocenters. The number of hydrogen-bond acceptors (Lipinski definition) is 6. The van der Waals surface area contributed by atoms with Crippen molar-refractivity contribution in [1.29, 1.82) is 0 Å². The molecule has 3 saturated carbocycles. The SMILES string of the molecule is COC(=O)C1C2CC3C(OC(=O)C31)C2OC(=O)C1CC2C=CC1C2. The van der Waals surface area contributed by atoms with E-state index in [2.05, 4.69) is 12.2 Å². The van der Waals surface area contributed by atoms with Crippen LogP contribution in [0.4, 0.5) is 0 Å². The molecule has 6 heteroatoms. The van der Waals surface area contributed by atoms with Gasteiger partial charge in [-0.15, -0.1) is 0 Å². The Bertz CT molecular complexity index is 654. The molecule has 0 amide bonds. The van der Waals surface area contributed by atoms with Crippen LogP contribution in [-0.2, 0) is 28.6 Å². The summed E-state index contributed by atoms with van der Waals surface area (Å²) in [5.41, 5.74) is 0. The summed E-state index contributed by atoms with van der Waals surface area (Å²) < 4.78 is 16.2. The second kappa shape index (κ2) is 4.83. The van der Waals surface area contributed by atoms with E-state index >= 15 is 0 Å². The first-order valence-electron chi connectivity index (χ1n) is 8.75. The summed E-state index contributed by atoms with van der Waals surface area (Å²) in [5, 5.41) is 0. The van der Waals surface area contributed by atoms with Gasteiger partial charge in [-0.25, -0.2) is 0 Å². The van der Waals surface area contributed by atoms with Crippen molar-refractivity contribution in [2.45, 2.75) is 31.5 Å². The largest absolute Gasteiger partial charge is 0.469 e. The zero-order chi connectivity index (χ0) is 16.6. The number of ether oxygens (including phenoxy) is 3. The fourth-order valence-electron chi connectivity index (χ4n) is 5.88. The van der Waals surface area contributed by atoms with Crippen molar-refractivity contribution in [3.05, 3.63) is 12.2 Å². The van der Waals surface area contributed by atoms with Crippen LogP contribution in [0.5, 0.6) is 0 Å². The van der Waals surface area contributed by atoms with Gasteiger partial charge in [0.25, 0.3) is 0 Å². The van der Waals surface area contributed by atoms with E-state index in [0.717, 1.165) is 12.8 Å². The van der Waals surface area contributed by atoms with E-state index in [4.69, 9.17) is 14.2 Å². The predicted molar refractivity (Wildman–Crippen MR) is 79.2 cm³/mol. The Balaban J connectivity index is 1.37. The highest BCUT2D eigenvalue weighted by Gasteiger charge is 2.70. The lowest BCUT2D eigenvalue weighted by molar-refractivity contribution is -0.169. The number of methoxy groups -OCH3 is 1. The van der Waals surface area contributed by atoms with Crippen LogP contribution in [0.3, 0.4) is 0 Å². The molecule has 1 saturated heterocycles. The molecule has 0 aromatic rings. The van der Waals surface area contributed by atoms with E-state index in [1.165, 1.54) is 7.11 Å². The van der Waals surface area contributed by atoms with Crippen LogP contribution in [-0.4, -0.2) is 37.2 Å².